The van der Waals surface area contributed by atoms with Gasteiger partial charge in [-0.2, -0.15) is 0 Å². The van der Waals surface area contributed by atoms with Crippen molar-refractivity contribution >= 4 is 11.8 Å². The van der Waals surface area contributed by atoms with Crippen molar-refractivity contribution in [1.82, 2.24) is 9.97 Å². The maximum absolute atomic E-state index is 11.5. The monoisotopic (exact) mass is 265 g/mol. The highest BCUT2D eigenvalue weighted by Crippen LogP contribution is 2.24. The Morgan fingerprint density at radius 2 is 2.26 bits per heavy atom. The lowest BCUT2D eigenvalue weighted by Gasteiger charge is -2.17. The van der Waals surface area contributed by atoms with Crippen LogP contribution in [0.3, 0.4) is 0 Å². The van der Waals surface area contributed by atoms with E-state index in [9.17, 15) is 4.79 Å². The predicted octanol–water partition coefficient (Wildman–Crippen LogP) is 1.26. The van der Waals surface area contributed by atoms with Gasteiger partial charge in [-0.3, -0.25) is 4.79 Å². The minimum Gasteiger partial charge on any atom is -0.475 e. The molecule has 2 rings (SSSR count). The van der Waals surface area contributed by atoms with E-state index in [1.54, 1.807) is 6.07 Å². The number of aromatic nitrogens is 2. The Hall–Kier alpha value is -1.85. The Kier molecular flexibility index (Phi) is 4.19. The molecule has 1 aliphatic heterocycles. The van der Waals surface area contributed by atoms with Crippen LogP contribution in [0.5, 0.6) is 5.88 Å². The molecule has 0 saturated carbocycles. The van der Waals surface area contributed by atoms with Crippen LogP contribution in [0.1, 0.15) is 20.3 Å². The predicted molar refractivity (Wildman–Crippen MR) is 70.1 cm³/mol. The van der Waals surface area contributed by atoms with Crippen molar-refractivity contribution in [3.05, 3.63) is 12.4 Å². The van der Waals surface area contributed by atoms with Crippen LogP contribution in [0.4, 0.5) is 5.82 Å². The fraction of sp³-hybridized carbons (Fsp3) is 0.615. The molecule has 6 heteroatoms. The summed E-state index contributed by atoms with van der Waals surface area (Å²) < 4.78 is 10.3. The summed E-state index contributed by atoms with van der Waals surface area (Å²) in [5, 5.41) is 0. The Balaban J connectivity index is 2.05. The summed E-state index contributed by atoms with van der Waals surface area (Å²) in [6, 6.07) is 1.81. The van der Waals surface area contributed by atoms with Gasteiger partial charge < -0.3 is 14.4 Å². The first-order valence-corrected chi connectivity index (χ1v) is 6.41. The van der Waals surface area contributed by atoms with Crippen molar-refractivity contribution in [3.8, 4) is 5.88 Å². The molecular formula is C13H19N3O3. The first kappa shape index (κ1) is 13.6. The van der Waals surface area contributed by atoms with Crippen molar-refractivity contribution < 1.29 is 14.3 Å². The zero-order chi connectivity index (χ0) is 13.8. The maximum atomic E-state index is 11.5. The number of methoxy groups -OCH3 is 1. The van der Waals surface area contributed by atoms with E-state index in [0.717, 1.165) is 18.8 Å². The number of anilines is 1. The molecule has 1 aliphatic rings. The second-order valence-corrected chi connectivity index (χ2v) is 4.84. The summed E-state index contributed by atoms with van der Waals surface area (Å²) in [6.45, 7) is 5.32. The number of nitrogens with zero attached hydrogens (tertiary/aromatic N) is 3. The van der Waals surface area contributed by atoms with Gasteiger partial charge in [-0.1, -0.05) is 0 Å². The fourth-order valence-electron chi connectivity index (χ4n) is 2.14. The van der Waals surface area contributed by atoms with E-state index >= 15 is 0 Å². The van der Waals surface area contributed by atoms with E-state index in [-0.39, 0.29) is 18.0 Å². The molecular weight excluding hydrogens is 246 g/mol. The van der Waals surface area contributed by atoms with Crippen molar-refractivity contribution in [2.45, 2.75) is 26.4 Å². The Labute approximate surface area is 112 Å². The van der Waals surface area contributed by atoms with Gasteiger partial charge in [-0.25, -0.2) is 9.97 Å². The van der Waals surface area contributed by atoms with Crippen molar-refractivity contribution in [1.29, 1.82) is 0 Å². The van der Waals surface area contributed by atoms with Crippen LogP contribution in [-0.2, 0) is 9.53 Å². The topological polar surface area (TPSA) is 64.5 Å². The quantitative estimate of drug-likeness (QED) is 0.764. The van der Waals surface area contributed by atoms with Gasteiger partial charge in [0.25, 0.3) is 0 Å². The summed E-state index contributed by atoms with van der Waals surface area (Å²) in [7, 11) is 1.42. The third-order valence-corrected chi connectivity index (χ3v) is 3.03. The van der Waals surface area contributed by atoms with Gasteiger partial charge in [0.15, 0.2) is 0 Å². The summed E-state index contributed by atoms with van der Waals surface area (Å²) in [6.07, 6.45) is 2.35. The van der Waals surface area contributed by atoms with E-state index in [1.807, 2.05) is 13.8 Å². The van der Waals surface area contributed by atoms with Crippen LogP contribution in [0.2, 0.25) is 0 Å². The van der Waals surface area contributed by atoms with Crippen LogP contribution >= 0.6 is 0 Å². The van der Waals surface area contributed by atoms with E-state index in [2.05, 4.69) is 14.9 Å². The highest BCUT2D eigenvalue weighted by molar-refractivity contribution is 5.74. The molecule has 1 saturated heterocycles. The first-order valence-electron chi connectivity index (χ1n) is 6.41. The van der Waals surface area contributed by atoms with Crippen molar-refractivity contribution in [3.63, 3.8) is 0 Å². The molecule has 1 aromatic heterocycles. The van der Waals surface area contributed by atoms with Gasteiger partial charge in [0.1, 0.15) is 12.1 Å². The largest absolute Gasteiger partial charge is 0.475 e. The lowest BCUT2D eigenvalue weighted by molar-refractivity contribution is -0.144. The Morgan fingerprint density at radius 3 is 2.95 bits per heavy atom. The van der Waals surface area contributed by atoms with Gasteiger partial charge in [-0.15, -0.1) is 0 Å². The Bertz CT molecular complexity index is 451. The fourth-order valence-corrected chi connectivity index (χ4v) is 2.14. The normalized spacial score (nSPS) is 18.7. The molecule has 0 aliphatic carbocycles. The van der Waals surface area contributed by atoms with Crippen LogP contribution in [0.15, 0.2) is 12.4 Å². The number of hydrogen-bond acceptors (Lipinski definition) is 6. The van der Waals surface area contributed by atoms with E-state index in [4.69, 9.17) is 9.47 Å². The Morgan fingerprint density at radius 1 is 1.47 bits per heavy atom. The van der Waals surface area contributed by atoms with Crippen molar-refractivity contribution in [2.75, 3.05) is 25.1 Å². The molecule has 104 valence electrons. The molecule has 0 amide bonds. The molecule has 1 fully saturated rings. The minimum absolute atomic E-state index is 0.0733. The first-order chi connectivity index (χ1) is 9.10. The highest BCUT2D eigenvalue weighted by Gasteiger charge is 2.29. The summed E-state index contributed by atoms with van der Waals surface area (Å²) in [5.74, 6) is 1.11. The molecule has 2 heterocycles. The summed E-state index contributed by atoms with van der Waals surface area (Å²) in [5.41, 5.74) is 0. The number of rotatable bonds is 4. The van der Waals surface area contributed by atoms with Gasteiger partial charge >= 0.3 is 5.97 Å². The zero-order valence-electron chi connectivity index (χ0n) is 11.5. The third-order valence-electron chi connectivity index (χ3n) is 3.03. The smallest absolute Gasteiger partial charge is 0.310 e. The zero-order valence-corrected chi connectivity index (χ0v) is 11.5. The average molecular weight is 265 g/mol. The number of esters is 1. The lowest BCUT2D eigenvalue weighted by atomic mass is 10.1. The van der Waals surface area contributed by atoms with E-state index in [0.29, 0.717) is 12.4 Å². The molecule has 0 aromatic carbocycles. The van der Waals surface area contributed by atoms with Gasteiger partial charge in [0.05, 0.1) is 19.1 Å². The molecule has 19 heavy (non-hydrogen) atoms. The molecule has 0 N–H and O–H groups in total. The third kappa shape index (κ3) is 3.33. The van der Waals surface area contributed by atoms with Gasteiger partial charge in [0.2, 0.25) is 5.88 Å². The average Bonchev–Trinajstić information content (AvgIpc) is 2.87. The number of carbonyl (C=O) groups excluding carboxylic acids is 1. The lowest BCUT2D eigenvalue weighted by Crippen LogP contribution is -2.24. The van der Waals surface area contributed by atoms with Gasteiger partial charge in [-0.05, 0) is 20.3 Å². The molecule has 6 nitrogen and oxygen atoms in total. The number of carbonyl (C=O) groups is 1. The molecule has 0 radical (unpaired) electrons. The van der Waals surface area contributed by atoms with Crippen LogP contribution in [0, 0.1) is 5.92 Å². The van der Waals surface area contributed by atoms with Crippen LogP contribution < -0.4 is 9.64 Å². The van der Waals surface area contributed by atoms with Crippen LogP contribution in [0.25, 0.3) is 0 Å². The van der Waals surface area contributed by atoms with Crippen molar-refractivity contribution in [2.24, 2.45) is 5.92 Å². The maximum Gasteiger partial charge on any atom is 0.310 e. The molecule has 1 atom stereocenters. The molecule has 1 unspecified atom stereocenters. The van der Waals surface area contributed by atoms with E-state index in [1.165, 1.54) is 13.4 Å². The summed E-state index contributed by atoms with van der Waals surface area (Å²) in [4.78, 5) is 21.8. The molecule has 1 aromatic rings. The van der Waals surface area contributed by atoms with Gasteiger partial charge in [0, 0.05) is 19.2 Å². The molecule has 0 bridgehead atoms. The summed E-state index contributed by atoms with van der Waals surface area (Å²) >= 11 is 0. The standard InChI is InChI=1S/C13H19N3O3/c1-9(2)19-12-6-11(14-8-15-12)16-5-4-10(7-16)13(17)18-3/h6,8-10H,4-5,7H2,1-3H3. The highest BCUT2D eigenvalue weighted by atomic mass is 16.5. The number of ether oxygens (including phenoxy) is 2. The van der Waals surface area contributed by atoms with E-state index < -0.39 is 0 Å². The molecule has 0 spiro atoms. The van der Waals surface area contributed by atoms with Crippen LogP contribution in [-0.4, -0.2) is 42.2 Å². The second kappa shape index (κ2) is 5.86. The minimum atomic E-state index is -0.157. The second-order valence-electron chi connectivity index (χ2n) is 4.84. The number of hydrogen-bond donors (Lipinski definition) is 0. The SMILES string of the molecule is COC(=O)C1CCN(c2cc(OC(C)C)ncn2)C1.